The van der Waals surface area contributed by atoms with Gasteiger partial charge in [-0.3, -0.25) is 14.3 Å². The minimum absolute atomic E-state index is 0.118. The summed E-state index contributed by atoms with van der Waals surface area (Å²) < 4.78 is 1.86. The first-order valence-corrected chi connectivity index (χ1v) is 8.45. The van der Waals surface area contributed by atoms with Crippen LogP contribution in [0.25, 0.3) is 0 Å². The average Bonchev–Trinajstić information content (AvgIpc) is 2.93. The molecule has 0 saturated carbocycles. The van der Waals surface area contributed by atoms with Crippen LogP contribution in [0.5, 0.6) is 0 Å². The van der Waals surface area contributed by atoms with Crippen molar-refractivity contribution < 1.29 is 9.59 Å². The molecule has 1 aliphatic heterocycles. The van der Waals surface area contributed by atoms with Gasteiger partial charge in [0.1, 0.15) is 0 Å². The Hall–Kier alpha value is -2.63. The van der Waals surface area contributed by atoms with Crippen LogP contribution in [0.3, 0.4) is 0 Å². The number of rotatable bonds is 2. The predicted molar refractivity (Wildman–Crippen MR) is 98.1 cm³/mol. The molecule has 1 N–H and O–H groups in total. The van der Waals surface area contributed by atoms with E-state index in [4.69, 9.17) is 0 Å². The Morgan fingerprint density at radius 2 is 1.92 bits per heavy atom. The molecule has 0 radical (unpaired) electrons. The first kappa shape index (κ1) is 17.2. The van der Waals surface area contributed by atoms with Gasteiger partial charge in [-0.1, -0.05) is 0 Å². The fourth-order valence-electron chi connectivity index (χ4n) is 3.19. The number of carbonyl (C=O) groups excluding carboxylic acids is 2. The Morgan fingerprint density at radius 1 is 1.20 bits per heavy atom. The zero-order valence-corrected chi connectivity index (χ0v) is 15.4. The minimum Gasteiger partial charge on any atom is -0.321 e. The normalized spacial score (nSPS) is 14.4. The maximum absolute atomic E-state index is 12.5. The monoisotopic (exact) mass is 340 g/mol. The van der Waals surface area contributed by atoms with Gasteiger partial charge >= 0.3 is 0 Å². The van der Waals surface area contributed by atoms with Crippen molar-refractivity contribution in [3.05, 3.63) is 41.2 Å². The van der Waals surface area contributed by atoms with E-state index in [-0.39, 0.29) is 17.4 Å². The Kier molecular flexibility index (Phi) is 4.14. The second kappa shape index (κ2) is 6.02. The van der Waals surface area contributed by atoms with E-state index in [9.17, 15) is 9.59 Å². The van der Waals surface area contributed by atoms with Gasteiger partial charge in [-0.2, -0.15) is 5.10 Å². The lowest BCUT2D eigenvalue weighted by Crippen LogP contribution is -2.31. The second-order valence-corrected chi connectivity index (χ2v) is 7.50. The highest BCUT2D eigenvalue weighted by Crippen LogP contribution is 2.29. The van der Waals surface area contributed by atoms with Gasteiger partial charge in [0.05, 0.1) is 5.54 Å². The lowest BCUT2D eigenvalue weighted by molar-refractivity contribution is -0.118. The average molecular weight is 340 g/mol. The summed E-state index contributed by atoms with van der Waals surface area (Å²) in [6.45, 7) is 8.10. The largest absolute Gasteiger partial charge is 0.321 e. The first-order chi connectivity index (χ1) is 11.7. The standard InChI is InChI=1S/C19H24N4O2/c1-12-10-15(21-23(12)19(2,3)4)18(25)20-14-7-8-16-13(11-14)6-9-17(24)22(16)5/h7-8,10-11H,6,9H2,1-5H3,(H,20,25). The van der Waals surface area contributed by atoms with Crippen LogP contribution >= 0.6 is 0 Å². The third-order valence-electron chi connectivity index (χ3n) is 4.44. The van der Waals surface area contributed by atoms with Crippen LogP contribution in [0.2, 0.25) is 0 Å². The maximum Gasteiger partial charge on any atom is 0.276 e. The molecular formula is C19H24N4O2. The number of anilines is 2. The van der Waals surface area contributed by atoms with Gasteiger partial charge in [0.15, 0.2) is 5.69 Å². The quantitative estimate of drug-likeness (QED) is 0.913. The highest BCUT2D eigenvalue weighted by atomic mass is 16.2. The number of hydrogen-bond acceptors (Lipinski definition) is 3. The van der Waals surface area contributed by atoms with Crippen LogP contribution < -0.4 is 10.2 Å². The van der Waals surface area contributed by atoms with Crippen molar-refractivity contribution in [2.75, 3.05) is 17.3 Å². The van der Waals surface area contributed by atoms with Gasteiger partial charge in [-0.15, -0.1) is 0 Å². The number of aryl methyl sites for hydroxylation is 2. The number of hydrogen-bond donors (Lipinski definition) is 1. The molecule has 3 rings (SSSR count). The fraction of sp³-hybridized carbons (Fsp3) is 0.421. The van der Waals surface area contributed by atoms with Crippen LogP contribution in [0, 0.1) is 6.92 Å². The zero-order chi connectivity index (χ0) is 18.4. The Morgan fingerprint density at radius 3 is 2.56 bits per heavy atom. The zero-order valence-electron chi connectivity index (χ0n) is 15.4. The minimum atomic E-state index is -0.230. The number of nitrogens with zero attached hydrogens (tertiary/aromatic N) is 3. The summed E-state index contributed by atoms with van der Waals surface area (Å²) in [5, 5.41) is 7.35. The number of fused-ring (bicyclic) bond motifs is 1. The van der Waals surface area contributed by atoms with E-state index >= 15 is 0 Å². The van der Waals surface area contributed by atoms with Gasteiger partial charge in [-0.25, -0.2) is 0 Å². The molecule has 0 saturated heterocycles. The van der Waals surface area contributed by atoms with Gasteiger partial charge < -0.3 is 10.2 Å². The molecule has 2 amide bonds. The highest BCUT2D eigenvalue weighted by molar-refractivity contribution is 6.03. The molecule has 0 fully saturated rings. The molecule has 0 bridgehead atoms. The van der Waals surface area contributed by atoms with E-state index in [1.54, 1.807) is 18.0 Å². The lowest BCUT2D eigenvalue weighted by atomic mass is 10.0. The molecule has 1 aromatic carbocycles. The van der Waals surface area contributed by atoms with E-state index in [1.807, 2.05) is 29.8 Å². The summed E-state index contributed by atoms with van der Waals surface area (Å²) in [5.74, 6) is -0.112. The van der Waals surface area contributed by atoms with Crippen molar-refractivity contribution in [2.45, 2.75) is 46.1 Å². The number of aromatic nitrogens is 2. The summed E-state index contributed by atoms with van der Waals surface area (Å²) in [6, 6.07) is 7.43. The molecule has 0 aliphatic carbocycles. The third kappa shape index (κ3) is 3.29. The van der Waals surface area contributed by atoms with Crippen molar-refractivity contribution in [1.29, 1.82) is 0 Å². The SMILES string of the molecule is Cc1cc(C(=O)Nc2ccc3c(c2)CCC(=O)N3C)nn1C(C)(C)C. The summed E-state index contributed by atoms with van der Waals surface area (Å²) in [5.41, 5.74) is 3.86. The Labute approximate surface area is 147 Å². The van der Waals surface area contributed by atoms with Crippen LogP contribution in [-0.2, 0) is 16.8 Å². The Balaban J connectivity index is 1.81. The van der Waals surface area contributed by atoms with E-state index < -0.39 is 0 Å². The number of carbonyl (C=O) groups is 2. The van der Waals surface area contributed by atoms with Crippen molar-refractivity contribution >= 4 is 23.2 Å². The van der Waals surface area contributed by atoms with Gasteiger partial charge in [0, 0.05) is 30.5 Å². The smallest absolute Gasteiger partial charge is 0.276 e. The molecule has 1 aromatic heterocycles. The summed E-state index contributed by atoms with van der Waals surface area (Å²) in [6.07, 6.45) is 1.19. The van der Waals surface area contributed by atoms with Gasteiger partial charge in [0.25, 0.3) is 5.91 Å². The number of benzene rings is 1. The molecule has 2 aromatic rings. The molecule has 132 valence electrons. The lowest BCUT2D eigenvalue weighted by Gasteiger charge is -2.26. The summed E-state index contributed by atoms with van der Waals surface area (Å²) in [7, 11) is 1.78. The molecule has 0 atom stereocenters. The predicted octanol–water partition coefficient (Wildman–Crippen LogP) is 3.11. The molecule has 1 aliphatic rings. The van der Waals surface area contributed by atoms with Gasteiger partial charge in [-0.05, 0) is 63.9 Å². The molecule has 25 heavy (non-hydrogen) atoms. The maximum atomic E-state index is 12.5. The Bertz CT molecular complexity index is 846. The van der Waals surface area contributed by atoms with E-state index in [1.165, 1.54) is 0 Å². The number of nitrogens with one attached hydrogen (secondary N) is 1. The van der Waals surface area contributed by atoms with Crippen LogP contribution in [0.4, 0.5) is 11.4 Å². The van der Waals surface area contributed by atoms with Crippen molar-refractivity contribution in [3.8, 4) is 0 Å². The van der Waals surface area contributed by atoms with Crippen molar-refractivity contribution in [1.82, 2.24) is 9.78 Å². The molecule has 2 heterocycles. The second-order valence-electron chi connectivity index (χ2n) is 7.50. The van der Waals surface area contributed by atoms with E-state index in [0.717, 1.165) is 22.6 Å². The van der Waals surface area contributed by atoms with Crippen molar-refractivity contribution in [3.63, 3.8) is 0 Å². The first-order valence-electron chi connectivity index (χ1n) is 8.45. The van der Waals surface area contributed by atoms with Crippen molar-refractivity contribution in [2.24, 2.45) is 0 Å². The number of amides is 2. The van der Waals surface area contributed by atoms with E-state index in [0.29, 0.717) is 18.5 Å². The van der Waals surface area contributed by atoms with Gasteiger partial charge in [0.2, 0.25) is 5.91 Å². The third-order valence-corrected chi connectivity index (χ3v) is 4.44. The summed E-state index contributed by atoms with van der Waals surface area (Å²) >= 11 is 0. The summed E-state index contributed by atoms with van der Waals surface area (Å²) in [4.78, 5) is 26.0. The molecule has 6 heteroatoms. The fourth-order valence-corrected chi connectivity index (χ4v) is 3.19. The topological polar surface area (TPSA) is 67.2 Å². The highest BCUT2D eigenvalue weighted by Gasteiger charge is 2.22. The van der Waals surface area contributed by atoms with Crippen LogP contribution in [0.1, 0.15) is 48.9 Å². The molecule has 0 spiro atoms. The molecule has 6 nitrogen and oxygen atoms in total. The molecular weight excluding hydrogens is 316 g/mol. The van der Waals surface area contributed by atoms with E-state index in [2.05, 4.69) is 31.2 Å². The van der Waals surface area contributed by atoms with Crippen LogP contribution in [0.15, 0.2) is 24.3 Å². The molecule has 0 unspecified atom stereocenters. The van der Waals surface area contributed by atoms with Crippen LogP contribution in [-0.4, -0.2) is 28.6 Å².